The first-order valence-electron chi connectivity index (χ1n) is 12.2. The molecule has 3 N–H and O–H groups in total. The Morgan fingerprint density at radius 1 is 1.05 bits per heavy atom. The first-order valence-corrected chi connectivity index (χ1v) is 12.6. The summed E-state index contributed by atoms with van der Waals surface area (Å²) >= 11 is 6.23. The molecule has 8 heteroatoms. The lowest BCUT2D eigenvalue weighted by atomic mass is 9.82. The number of amides is 2. The number of anilines is 1. The number of carbonyl (C=O) groups is 2. The molecular weight excluding hydrogens is 488 g/mol. The van der Waals surface area contributed by atoms with Crippen LogP contribution in [0.15, 0.2) is 72.8 Å². The molecule has 0 spiro atoms. The van der Waals surface area contributed by atoms with E-state index in [4.69, 9.17) is 11.6 Å². The molecule has 2 amide bonds. The summed E-state index contributed by atoms with van der Waals surface area (Å²) in [6, 6.07) is 21.0. The number of nitrogens with one attached hydrogen (secondary N) is 2. The lowest BCUT2D eigenvalue weighted by Crippen LogP contribution is -2.31. The average Bonchev–Trinajstić information content (AvgIpc) is 3.27. The van der Waals surface area contributed by atoms with Gasteiger partial charge in [-0.3, -0.25) is 4.79 Å². The van der Waals surface area contributed by atoms with Crippen molar-refractivity contribution in [3.8, 4) is 17.0 Å². The molecule has 188 valence electrons. The molecule has 1 heterocycles. The second-order valence-corrected chi connectivity index (χ2v) is 9.70. The summed E-state index contributed by atoms with van der Waals surface area (Å²) in [5, 5.41) is 21.6. The van der Waals surface area contributed by atoms with E-state index < -0.39 is 0 Å². The standard InChI is InChI=1S/C29H27ClN4O3/c1-18-9-11-20(12-10-18)28(36)32-22-13-14-23(27(35)15-22)25-16-26(19-6-4-7-19)34(33-25)29(37)31-17-21-5-2-3-8-24(21)30/h2-3,5,8-16,19,35H,4,6-7,17H2,1H3,(H,31,37)(H,32,36). The number of carbonyl (C=O) groups excluding carboxylic acids is 2. The second kappa shape index (κ2) is 10.5. The van der Waals surface area contributed by atoms with Crippen molar-refractivity contribution in [3.05, 3.63) is 100 Å². The van der Waals surface area contributed by atoms with Crippen molar-refractivity contribution in [2.75, 3.05) is 5.32 Å². The summed E-state index contributed by atoms with van der Waals surface area (Å²) < 4.78 is 1.39. The summed E-state index contributed by atoms with van der Waals surface area (Å²) in [6.07, 6.45) is 3.07. The number of aromatic hydroxyl groups is 1. The molecule has 1 aliphatic rings. The summed E-state index contributed by atoms with van der Waals surface area (Å²) in [7, 11) is 0. The maximum Gasteiger partial charge on any atom is 0.342 e. The summed E-state index contributed by atoms with van der Waals surface area (Å²) in [5.74, 6) is -0.0654. The van der Waals surface area contributed by atoms with Gasteiger partial charge in [-0.05, 0) is 61.7 Å². The minimum atomic E-state index is -0.352. The number of nitrogens with zero attached hydrogens (tertiary/aromatic N) is 2. The minimum Gasteiger partial charge on any atom is -0.507 e. The Labute approximate surface area is 220 Å². The van der Waals surface area contributed by atoms with Crippen LogP contribution in [0.4, 0.5) is 10.5 Å². The number of phenols is 1. The third kappa shape index (κ3) is 5.37. The molecule has 0 aliphatic heterocycles. The van der Waals surface area contributed by atoms with E-state index in [-0.39, 0.29) is 30.2 Å². The highest BCUT2D eigenvalue weighted by Gasteiger charge is 2.27. The van der Waals surface area contributed by atoms with Crippen LogP contribution in [0.2, 0.25) is 5.02 Å². The number of aromatic nitrogens is 2. The van der Waals surface area contributed by atoms with E-state index in [9.17, 15) is 14.7 Å². The van der Waals surface area contributed by atoms with Crippen molar-refractivity contribution in [2.24, 2.45) is 0 Å². The fourth-order valence-corrected chi connectivity index (χ4v) is 4.51. The molecule has 1 aliphatic carbocycles. The van der Waals surface area contributed by atoms with Gasteiger partial charge in [0.25, 0.3) is 5.91 Å². The quantitative estimate of drug-likeness (QED) is 0.274. The fourth-order valence-electron chi connectivity index (χ4n) is 4.31. The number of aryl methyl sites for hydroxylation is 1. The molecule has 0 bridgehead atoms. The van der Waals surface area contributed by atoms with Crippen LogP contribution in [-0.2, 0) is 6.54 Å². The molecule has 0 radical (unpaired) electrons. The van der Waals surface area contributed by atoms with Crippen LogP contribution >= 0.6 is 11.6 Å². The molecule has 1 saturated carbocycles. The van der Waals surface area contributed by atoms with E-state index in [2.05, 4.69) is 15.7 Å². The Morgan fingerprint density at radius 2 is 1.81 bits per heavy atom. The third-order valence-electron chi connectivity index (χ3n) is 6.69. The number of hydrogen-bond donors (Lipinski definition) is 3. The van der Waals surface area contributed by atoms with Gasteiger partial charge in [0.1, 0.15) is 5.75 Å². The van der Waals surface area contributed by atoms with Crippen LogP contribution < -0.4 is 10.6 Å². The normalized spacial score (nSPS) is 13.1. The zero-order chi connectivity index (χ0) is 25.9. The van der Waals surface area contributed by atoms with Crippen LogP contribution in [-0.4, -0.2) is 26.8 Å². The van der Waals surface area contributed by atoms with Crippen molar-refractivity contribution >= 4 is 29.2 Å². The topological polar surface area (TPSA) is 96.3 Å². The highest BCUT2D eigenvalue weighted by molar-refractivity contribution is 6.31. The van der Waals surface area contributed by atoms with Crippen LogP contribution in [0, 0.1) is 6.92 Å². The lowest BCUT2D eigenvalue weighted by Gasteiger charge is -2.25. The van der Waals surface area contributed by atoms with Gasteiger partial charge in [0.2, 0.25) is 0 Å². The van der Waals surface area contributed by atoms with Gasteiger partial charge < -0.3 is 15.7 Å². The van der Waals surface area contributed by atoms with Crippen LogP contribution in [0.5, 0.6) is 5.75 Å². The molecular formula is C29H27ClN4O3. The van der Waals surface area contributed by atoms with E-state index in [1.807, 2.05) is 43.3 Å². The van der Waals surface area contributed by atoms with E-state index in [1.54, 1.807) is 30.3 Å². The number of rotatable bonds is 6. The zero-order valence-electron chi connectivity index (χ0n) is 20.4. The number of phenolic OH excluding ortho intramolecular Hbond substituents is 1. The number of benzene rings is 3. The molecule has 0 saturated heterocycles. The van der Waals surface area contributed by atoms with Gasteiger partial charge in [-0.25, -0.2) is 4.79 Å². The van der Waals surface area contributed by atoms with Crippen molar-refractivity contribution in [3.63, 3.8) is 0 Å². The molecule has 37 heavy (non-hydrogen) atoms. The molecule has 0 unspecified atom stereocenters. The van der Waals surface area contributed by atoms with Gasteiger partial charge in [-0.1, -0.05) is 53.9 Å². The van der Waals surface area contributed by atoms with Crippen molar-refractivity contribution < 1.29 is 14.7 Å². The largest absolute Gasteiger partial charge is 0.507 e. The lowest BCUT2D eigenvalue weighted by molar-refractivity contribution is 0.102. The fraction of sp³-hybridized carbons (Fsp3) is 0.207. The van der Waals surface area contributed by atoms with Gasteiger partial charge in [0, 0.05) is 40.4 Å². The monoisotopic (exact) mass is 514 g/mol. The van der Waals surface area contributed by atoms with Crippen LogP contribution in [0.1, 0.15) is 52.4 Å². The first-order chi connectivity index (χ1) is 17.9. The Kier molecular flexibility index (Phi) is 6.97. The highest BCUT2D eigenvalue weighted by Crippen LogP contribution is 2.39. The van der Waals surface area contributed by atoms with Gasteiger partial charge >= 0.3 is 6.03 Å². The molecule has 5 rings (SSSR count). The molecule has 1 aromatic heterocycles. The van der Waals surface area contributed by atoms with Crippen molar-refractivity contribution in [2.45, 2.75) is 38.6 Å². The Bertz CT molecular complexity index is 1460. The van der Waals surface area contributed by atoms with Crippen molar-refractivity contribution in [1.82, 2.24) is 15.1 Å². The van der Waals surface area contributed by atoms with E-state index in [0.29, 0.717) is 27.5 Å². The van der Waals surface area contributed by atoms with E-state index >= 15 is 0 Å². The van der Waals surface area contributed by atoms with Gasteiger partial charge in [0.05, 0.1) is 11.4 Å². The predicted octanol–water partition coefficient (Wildman–Crippen LogP) is 6.50. The van der Waals surface area contributed by atoms with Crippen molar-refractivity contribution in [1.29, 1.82) is 0 Å². The number of hydrogen-bond acceptors (Lipinski definition) is 4. The highest BCUT2D eigenvalue weighted by atomic mass is 35.5. The summed E-state index contributed by atoms with van der Waals surface area (Å²) in [5.41, 5.74) is 4.65. The van der Waals surface area contributed by atoms with Gasteiger partial charge in [0.15, 0.2) is 0 Å². The SMILES string of the molecule is Cc1ccc(C(=O)Nc2ccc(-c3cc(C4CCC4)n(C(=O)NCc4ccccc4Cl)n3)c(O)c2)cc1. The Morgan fingerprint density at radius 3 is 2.49 bits per heavy atom. The van der Waals surface area contributed by atoms with E-state index in [1.165, 1.54) is 10.7 Å². The van der Waals surface area contributed by atoms with E-state index in [0.717, 1.165) is 36.1 Å². The smallest absolute Gasteiger partial charge is 0.342 e. The maximum atomic E-state index is 13.1. The number of halogens is 1. The second-order valence-electron chi connectivity index (χ2n) is 9.30. The van der Waals surface area contributed by atoms with Gasteiger partial charge in [-0.2, -0.15) is 9.78 Å². The first kappa shape index (κ1) is 24.6. The summed E-state index contributed by atoms with van der Waals surface area (Å²) in [4.78, 5) is 25.6. The molecule has 7 nitrogen and oxygen atoms in total. The summed E-state index contributed by atoms with van der Waals surface area (Å²) in [6.45, 7) is 2.23. The van der Waals surface area contributed by atoms with Crippen LogP contribution in [0.25, 0.3) is 11.3 Å². The maximum absolute atomic E-state index is 13.1. The molecule has 4 aromatic rings. The molecule has 0 atom stereocenters. The van der Waals surface area contributed by atoms with Gasteiger partial charge in [-0.15, -0.1) is 0 Å². The molecule has 3 aromatic carbocycles. The third-order valence-corrected chi connectivity index (χ3v) is 7.05. The predicted molar refractivity (Wildman–Crippen MR) is 144 cm³/mol. The molecule has 1 fully saturated rings. The van der Waals surface area contributed by atoms with Crippen LogP contribution in [0.3, 0.4) is 0 Å². The minimum absolute atomic E-state index is 0.0389. The zero-order valence-corrected chi connectivity index (χ0v) is 21.1. The Hall–Kier alpha value is -4.10. The average molecular weight is 515 g/mol. The Balaban J connectivity index is 1.36.